The molecule has 0 saturated carbocycles. The third-order valence-electron chi connectivity index (χ3n) is 4.16. The zero-order valence-corrected chi connectivity index (χ0v) is 17.7. The maximum Gasteiger partial charge on any atom is 0.305 e. The summed E-state index contributed by atoms with van der Waals surface area (Å²) in [6.45, 7) is 3.93. The van der Waals surface area contributed by atoms with Crippen LogP contribution in [-0.2, 0) is 19.6 Å². The molecule has 0 heterocycles. The van der Waals surface area contributed by atoms with Crippen molar-refractivity contribution in [3.05, 3.63) is 28.8 Å². The van der Waals surface area contributed by atoms with Crippen LogP contribution in [0.5, 0.6) is 0 Å². The van der Waals surface area contributed by atoms with Crippen LogP contribution >= 0.6 is 11.6 Å². The van der Waals surface area contributed by atoms with E-state index in [1.807, 2.05) is 0 Å². The zero-order valence-electron chi connectivity index (χ0n) is 16.1. The molecule has 0 fully saturated rings. The number of ether oxygens (including phenoxy) is 1. The maximum atomic E-state index is 12.6. The fourth-order valence-electron chi connectivity index (χ4n) is 2.25. The number of methoxy groups -OCH3 is 1. The summed E-state index contributed by atoms with van der Waals surface area (Å²) in [6, 6.07) is 3.88. The summed E-state index contributed by atoms with van der Waals surface area (Å²) >= 11 is 6.08. The van der Waals surface area contributed by atoms with Gasteiger partial charge < -0.3 is 10.1 Å². The van der Waals surface area contributed by atoms with Crippen molar-refractivity contribution in [3.8, 4) is 0 Å². The minimum atomic E-state index is -3.70. The highest BCUT2D eigenvalue weighted by Gasteiger charge is 2.25. The molecular formula is C18H27ClN2O5S. The summed E-state index contributed by atoms with van der Waals surface area (Å²) in [5, 5.41) is 2.91. The van der Waals surface area contributed by atoms with Gasteiger partial charge in [-0.15, -0.1) is 0 Å². The first-order valence-electron chi connectivity index (χ1n) is 8.73. The number of sulfonamides is 1. The average molecular weight is 419 g/mol. The molecule has 27 heavy (non-hydrogen) atoms. The first kappa shape index (κ1) is 23.4. The normalized spacial score (nSPS) is 11.7. The van der Waals surface area contributed by atoms with Crippen molar-refractivity contribution in [1.29, 1.82) is 0 Å². The summed E-state index contributed by atoms with van der Waals surface area (Å²) < 4.78 is 31.0. The summed E-state index contributed by atoms with van der Waals surface area (Å²) in [5.41, 5.74) is 0.115. The third-order valence-corrected chi connectivity index (χ3v) is 6.52. The van der Waals surface area contributed by atoms with Gasteiger partial charge in [-0.3, -0.25) is 9.59 Å². The number of carbonyl (C=O) groups excluding carboxylic acids is 2. The van der Waals surface area contributed by atoms with E-state index in [-0.39, 0.29) is 27.5 Å². The summed E-state index contributed by atoms with van der Waals surface area (Å²) in [6.07, 6.45) is 2.48. The quantitative estimate of drug-likeness (QED) is 0.466. The molecule has 1 N–H and O–H groups in total. The Labute approximate surface area is 166 Å². The Kier molecular flexibility index (Phi) is 9.21. The number of halogens is 1. The number of amides is 1. The van der Waals surface area contributed by atoms with Gasteiger partial charge in [-0.25, -0.2) is 8.42 Å². The lowest BCUT2D eigenvalue weighted by Gasteiger charge is -2.21. The van der Waals surface area contributed by atoms with Crippen LogP contribution in [0.1, 0.15) is 49.9 Å². The molecule has 7 nitrogen and oxygen atoms in total. The Bertz CT molecular complexity index is 765. The predicted molar refractivity (Wildman–Crippen MR) is 104 cm³/mol. The van der Waals surface area contributed by atoms with Crippen LogP contribution in [0.25, 0.3) is 0 Å². The molecule has 0 saturated heterocycles. The van der Waals surface area contributed by atoms with Crippen LogP contribution in [0.15, 0.2) is 23.1 Å². The predicted octanol–water partition coefficient (Wildman–Crippen LogP) is 2.83. The highest BCUT2D eigenvalue weighted by molar-refractivity contribution is 7.89. The van der Waals surface area contributed by atoms with Crippen molar-refractivity contribution in [2.75, 3.05) is 20.7 Å². The highest BCUT2D eigenvalue weighted by atomic mass is 35.5. The Hall–Kier alpha value is -1.64. The van der Waals surface area contributed by atoms with Gasteiger partial charge in [-0.05, 0) is 44.9 Å². The molecule has 152 valence electrons. The minimum Gasteiger partial charge on any atom is -0.469 e. The highest BCUT2D eigenvalue weighted by Crippen LogP contribution is 2.23. The van der Waals surface area contributed by atoms with Crippen molar-refractivity contribution in [2.45, 2.75) is 50.5 Å². The fraction of sp³-hybridized carbons (Fsp3) is 0.556. The molecule has 0 aliphatic carbocycles. The van der Waals surface area contributed by atoms with Crippen molar-refractivity contribution in [2.24, 2.45) is 0 Å². The van der Waals surface area contributed by atoms with Crippen LogP contribution < -0.4 is 5.32 Å². The Morgan fingerprint density at radius 1 is 1.22 bits per heavy atom. The van der Waals surface area contributed by atoms with Gasteiger partial charge in [0.1, 0.15) is 0 Å². The van der Waals surface area contributed by atoms with Gasteiger partial charge in [-0.2, -0.15) is 4.31 Å². The van der Waals surface area contributed by atoms with Crippen molar-refractivity contribution in [1.82, 2.24) is 9.62 Å². The van der Waals surface area contributed by atoms with E-state index in [2.05, 4.69) is 10.1 Å². The second-order valence-electron chi connectivity index (χ2n) is 6.40. The van der Waals surface area contributed by atoms with Gasteiger partial charge in [0, 0.05) is 26.1 Å². The van der Waals surface area contributed by atoms with E-state index < -0.39 is 15.9 Å². The number of unbranched alkanes of at least 4 members (excludes halogenated alkanes) is 2. The van der Waals surface area contributed by atoms with Crippen LogP contribution in [-0.4, -0.2) is 51.3 Å². The smallest absolute Gasteiger partial charge is 0.305 e. The van der Waals surface area contributed by atoms with E-state index in [9.17, 15) is 18.0 Å². The second-order valence-corrected chi connectivity index (χ2v) is 8.80. The molecule has 0 aliphatic heterocycles. The van der Waals surface area contributed by atoms with Crippen LogP contribution in [0.3, 0.4) is 0 Å². The average Bonchev–Trinajstić information content (AvgIpc) is 2.63. The van der Waals surface area contributed by atoms with Crippen molar-refractivity contribution >= 4 is 33.5 Å². The number of nitrogens with one attached hydrogen (secondary N) is 1. The molecule has 1 rings (SSSR count). The molecular weight excluding hydrogens is 392 g/mol. The molecule has 0 atom stereocenters. The van der Waals surface area contributed by atoms with E-state index in [0.29, 0.717) is 25.8 Å². The van der Waals surface area contributed by atoms with E-state index >= 15 is 0 Å². The standard InChI is InChI=1S/C18H27ClN2O5S/c1-13(2)21(3)27(24,25)14-9-10-16(19)15(12-14)18(23)20-11-7-5-6-8-17(22)26-4/h9-10,12-13H,5-8,11H2,1-4H3,(H,20,23). The number of benzene rings is 1. The summed E-state index contributed by atoms with van der Waals surface area (Å²) in [7, 11) is -0.868. The lowest BCUT2D eigenvalue weighted by Crippen LogP contribution is -2.33. The molecule has 0 spiro atoms. The van der Waals surface area contributed by atoms with Gasteiger partial charge >= 0.3 is 5.97 Å². The monoisotopic (exact) mass is 418 g/mol. The van der Waals surface area contributed by atoms with Crippen molar-refractivity contribution in [3.63, 3.8) is 0 Å². The maximum absolute atomic E-state index is 12.6. The van der Waals surface area contributed by atoms with Gasteiger partial charge in [-0.1, -0.05) is 18.0 Å². The minimum absolute atomic E-state index is 0.0197. The lowest BCUT2D eigenvalue weighted by molar-refractivity contribution is -0.140. The van der Waals surface area contributed by atoms with E-state index in [1.54, 1.807) is 13.8 Å². The number of esters is 1. The number of hydrogen-bond acceptors (Lipinski definition) is 5. The third kappa shape index (κ3) is 6.79. The first-order chi connectivity index (χ1) is 12.6. The van der Waals surface area contributed by atoms with Crippen LogP contribution in [0.2, 0.25) is 5.02 Å². The Balaban J connectivity index is 2.71. The zero-order chi connectivity index (χ0) is 20.6. The van der Waals surface area contributed by atoms with E-state index in [0.717, 1.165) is 6.42 Å². The lowest BCUT2D eigenvalue weighted by atomic mass is 10.2. The molecule has 1 aromatic carbocycles. The van der Waals surface area contributed by atoms with Gasteiger partial charge in [0.05, 0.1) is 22.6 Å². The number of carbonyl (C=O) groups is 2. The molecule has 1 amide bonds. The SMILES string of the molecule is COC(=O)CCCCCNC(=O)c1cc(S(=O)(=O)N(C)C(C)C)ccc1Cl. The van der Waals surface area contributed by atoms with Crippen LogP contribution in [0, 0.1) is 0 Å². The molecule has 9 heteroatoms. The molecule has 0 radical (unpaired) electrons. The second kappa shape index (κ2) is 10.6. The number of hydrogen-bond donors (Lipinski definition) is 1. The Morgan fingerprint density at radius 3 is 2.48 bits per heavy atom. The molecule has 0 unspecified atom stereocenters. The summed E-state index contributed by atoms with van der Waals surface area (Å²) in [4.78, 5) is 23.4. The van der Waals surface area contributed by atoms with Gasteiger partial charge in [0.15, 0.2) is 0 Å². The van der Waals surface area contributed by atoms with E-state index in [1.165, 1.54) is 36.7 Å². The van der Waals surface area contributed by atoms with Crippen LogP contribution in [0.4, 0.5) is 0 Å². The molecule has 0 bridgehead atoms. The van der Waals surface area contributed by atoms with Gasteiger partial charge in [0.2, 0.25) is 10.0 Å². The first-order valence-corrected chi connectivity index (χ1v) is 10.6. The molecule has 0 aliphatic rings. The molecule has 1 aromatic rings. The van der Waals surface area contributed by atoms with Gasteiger partial charge in [0.25, 0.3) is 5.91 Å². The number of nitrogens with zero attached hydrogens (tertiary/aromatic N) is 1. The number of rotatable bonds is 10. The van der Waals surface area contributed by atoms with Crippen molar-refractivity contribution < 1.29 is 22.7 Å². The molecule has 0 aromatic heterocycles. The summed E-state index contributed by atoms with van der Waals surface area (Å²) in [5.74, 6) is -0.688. The largest absolute Gasteiger partial charge is 0.469 e. The topological polar surface area (TPSA) is 92.8 Å². The van der Waals surface area contributed by atoms with E-state index in [4.69, 9.17) is 11.6 Å². The fourth-order valence-corrected chi connectivity index (χ4v) is 3.85. The Morgan fingerprint density at radius 2 is 1.89 bits per heavy atom.